The normalized spacial score (nSPS) is 24.1. The molecule has 1 unspecified atom stereocenters. The van der Waals surface area contributed by atoms with Gasteiger partial charge in [0.2, 0.25) is 0 Å². The van der Waals surface area contributed by atoms with E-state index in [4.69, 9.17) is 14.5 Å². The number of aliphatic imine (C=N–C) groups is 1. The van der Waals surface area contributed by atoms with Gasteiger partial charge >= 0.3 is 0 Å². The average molecular weight is 375 g/mol. The molecule has 1 aromatic carbocycles. The van der Waals surface area contributed by atoms with E-state index in [1.165, 1.54) is 11.1 Å². The summed E-state index contributed by atoms with van der Waals surface area (Å²) in [5, 5.41) is 6.81. The standard InChI is InChI=1S/C21H34N4O2/c1-3-22-20(24-17-21(2)9-6-12-27-21)23-15-18-7-4-5-8-19(18)16-25-10-13-26-14-11-25/h4-5,7-8H,3,6,9-17H2,1-2H3,(H2,22,23,24). The molecule has 3 rings (SSSR count). The van der Waals surface area contributed by atoms with Crippen molar-refractivity contribution in [2.75, 3.05) is 46.0 Å². The predicted molar refractivity (Wildman–Crippen MR) is 109 cm³/mol. The summed E-state index contributed by atoms with van der Waals surface area (Å²) in [5.41, 5.74) is 2.55. The molecule has 27 heavy (non-hydrogen) atoms. The summed E-state index contributed by atoms with van der Waals surface area (Å²) in [6.07, 6.45) is 2.24. The smallest absolute Gasteiger partial charge is 0.191 e. The molecule has 2 heterocycles. The zero-order valence-electron chi connectivity index (χ0n) is 16.8. The first-order valence-corrected chi connectivity index (χ1v) is 10.2. The summed E-state index contributed by atoms with van der Waals surface area (Å²) in [4.78, 5) is 7.28. The Morgan fingerprint density at radius 3 is 2.63 bits per heavy atom. The van der Waals surface area contributed by atoms with Crippen LogP contribution in [0.15, 0.2) is 29.3 Å². The Bertz CT molecular complexity index is 608. The van der Waals surface area contributed by atoms with Crippen molar-refractivity contribution in [3.05, 3.63) is 35.4 Å². The number of guanidine groups is 1. The second kappa shape index (κ2) is 10.1. The van der Waals surface area contributed by atoms with Crippen LogP contribution < -0.4 is 10.6 Å². The van der Waals surface area contributed by atoms with Gasteiger partial charge in [-0.05, 0) is 37.8 Å². The van der Waals surface area contributed by atoms with Gasteiger partial charge in [0, 0.05) is 39.3 Å². The van der Waals surface area contributed by atoms with Crippen LogP contribution in [0.5, 0.6) is 0 Å². The third kappa shape index (κ3) is 6.19. The quantitative estimate of drug-likeness (QED) is 0.566. The van der Waals surface area contributed by atoms with Crippen LogP contribution in [0.4, 0.5) is 0 Å². The maximum atomic E-state index is 5.87. The van der Waals surface area contributed by atoms with Crippen LogP contribution in [0.2, 0.25) is 0 Å². The monoisotopic (exact) mass is 374 g/mol. The molecule has 0 amide bonds. The highest BCUT2D eigenvalue weighted by Crippen LogP contribution is 2.23. The van der Waals surface area contributed by atoms with Gasteiger partial charge in [0.15, 0.2) is 5.96 Å². The van der Waals surface area contributed by atoms with Gasteiger partial charge in [-0.3, -0.25) is 4.90 Å². The number of hydrogen-bond donors (Lipinski definition) is 2. The molecule has 2 fully saturated rings. The second-order valence-corrected chi connectivity index (χ2v) is 7.61. The van der Waals surface area contributed by atoms with Gasteiger partial charge in [-0.2, -0.15) is 0 Å². The lowest BCUT2D eigenvalue weighted by molar-refractivity contribution is 0.0242. The molecule has 150 valence electrons. The van der Waals surface area contributed by atoms with Crippen LogP contribution in [0.3, 0.4) is 0 Å². The highest BCUT2D eigenvalue weighted by atomic mass is 16.5. The van der Waals surface area contributed by atoms with Crippen molar-refractivity contribution in [2.24, 2.45) is 4.99 Å². The van der Waals surface area contributed by atoms with E-state index in [0.717, 1.165) is 71.3 Å². The summed E-state index contributed by atoms with van der Waals surface area (Å²) >= 11 is 0. The highest BCUT2D eigenvalue weighted by Gasteiger charge is 2.29. The Labute approximate surface area is 163 Å². The van der Waals surface area contributed by atoms with Crippen LogP contribution in [0.1, 0.15) is 37.8 Å². The van der Waals surface area contributed by atoms with Crippen molar-refractivity contribution in [3.63, 3.8) is 0 Å². The first-order valence-electron chi connectivity index (χ1n) is 10.2. The number of morpholine rings is 1. The lowest BCUT2D eigenvalue weighted by Crippen LogP contribution is -2.45. The highest BCUT2D eigenvalue weighted by molar-refractivity contribution is 5.79. The number of benzene rings is 1. The minimum atomic E-state index is -0.0789. The van der Waals surface area contributed by atoms with Crippen molar-refractivity contribution >= 4 is 5.96 Å². The summed E-state index contributed by atoms with van der Waals surface area (Å²) < 4.78 is 11.3. The largest absolute Gasteiger partial charge is 0.379 e. The Morgan fingerprint density at radius 2 is 1.93 bits per heavy atom. The number of rotatable bonds is 7. The zero-order chi connectivity index (χ0) is 19.0. The van der Waals surface area contributed by atoms with Crippen molar-refractivity contribution < 1.29 is 9.47 Å². The Hall–Kier alpha value is -1.63. The second-order valence-electron chi connectivity index (χ2n) is 7.61. The van der Waals surface area contributed by atoms with Gasteiger partial charge in [-0.25, -0.2) is 4.99 Å². The van der Waals surface area contributed by atoms with Crippen LogP contribution in [-0.2, 0) is 22.6 Å². The topological polar surface area (TPSA) is 58.1 Å². The molecule has 0 spiro atoms. The molecule has 1 aromatic rings. The van der Waals surface area contributed by atoms with E-state index >= 15 is 0 Å². The molecular formula is C21H34N4O2. The predicted octanol–water partition coefficient (Wildman–Crippen LogP) is 2.14. The molecule has 2 aliphatic rings. The van der Waals surface area contributed by atoms with E-state index in [-0.39, 0.29) is 5.60 Å². The van der Waals surface area contributed by atoms with Crippen molar-refractivity contribution in [1.29, 1.82) is 0 Å². The third-order valence-electron chi connectivity index (χ3n) is 5.30. The number of hydrogen-bond acceptors (Lipinski definition) is 4. The van der Waals surface area contributed by atoms with Crippen LogP contribution in [0, 0.1) is 0 Å². The Kier molecular flexibility index (Phi) is 7.50. The molecule has 0 radical (unpaired) electrons. The third-order valence-corrected chi connectivity index (χ3v) is 5.30. The van der Waals surface area contributed by atoms with E-state index in [0.29, 0.717) is 6.54 Å². The summed E-state index contributed by atoms with van der Waals surface area (Å²) in [7, 11) is 0. The van der Waals surface area contributed by atoms with Crippen LogP contribution in [-0.4, -0.2) is 62.5 Å². The number of ether oxygens (including phenoxy) is 2. The molecule has 6 heteroatoms. The van der Waals surface area contributed by atoms with E-state index in [1.807, 2.05) is 0 Å². The van der Waals surface area contributed by atoms with Crippen molar-refractivity contribution in [2.45, 2.75) is 45.4 Å². The maximum absolute atomic E-state index is 5.87. The van der Waals surface area contributed by atoms with Gasteiger partial charge in [-0.15, -0.1) is 0 Å². The van der Waals surface area contributed by atoms with Gasteiger partial charge < -0.3 is 20.1 Å². The molecule has 2 aliphatic heterocycles. The molecular weight excluding hydrogens is 340 g/mol. The average Bonchev–Trinajstić information content (AvgIpc) is 3.13. The van der Waals surface area contributed by atoms with Gasteiger partial charge in [-0.1, -0.05) is 24.3 Å². The molecule has 0 aliphatic carbocycles. The van der Waals surface area contributed by atoms with Crippen molar-refractivity contribution in [3.8, 4) is 0 Å². The zero-order valence-corrected chi connectivity index (χ0v) is 16.8. The fourth-order valence-corrected chi connectivity index (χ4v) is 3.62. The minimum absolute atomic E-state index is 0.0789. The van der Waals surface area contributed by atoms with Gasteiger partial charge in [0.1, 0.15) is 0 Å². The van der Waals surface area contributed by atoms with E-state index in [9.17, 15) is 0 Å². The first-order chi connectivity index (χ1) is 13.2. The van der Waals surface area contributed by atoms with Crippen LogP contribution in [0.25, 0.3) is 0 Å². The fraction of sp³-hybridized carbons (Fsp3) is 0.667. The molecule has 0 saturated carbocycles. The fourth-order valence-electron chi connectivity index (χ4n) is 3.62. The van der Waals surface area contributed by atoms with Gasteiger partial charge in [0.25, 0.3) is 0 Å². The SMILES string of the molecule is CCNC(=NCc1ccccc1CN1CCOCC1)NCC1(C)CCCO1. The lowest BCUT2D eigenvalue weighted by Gasteiger charge is -2.27. The first kappa shape index (κ1) is 20.1. The minimum Gasteiger partial charge on any atom is -0.379 e. The van der Waals surface area contributed by atoms with E-state index in [1.54, 1.807) is 0 Å². The van der Waals surface area contributed by atoms with Gasteiger partial charge in [0.05, 0.1) is 25.4 Å². The van der Waals surface area contributed by atoms with Crippen molar-refractivity contribution in [1.82, 2.24) is 15.5 Å². The Balaban J connectivity index is 1.61. The van der Waals surface area contributed by atoms with E-state index in [2.05, 4.69) is 53.6 Å². The molecule has 0 aromatic heterocycles. The maximum Gasteiger partial charge on any atom is 0.191 e. The Morgan fingerprint density at radius 1 is 1.15 bits per heavy atom. The lowest BCUT2D eigenvalue weighted by atomic mass is 10.0. The molecule has 1 atom stereocenters. The summed E-state index contributed by atoms with van der Waals surface area (Å²) in [6, 6.07) is 8.62. The van der Waals surface area contributed by atoms with Crippen LogP contribution >= 0.6 is 0 Å². The molecule has 6 nitrogen and oxygen atoms in total. The molecule has 0 bridgehead atoms. The number of nitrogens with one attached hydrogen (secondary N) is 2. The number of nitrogens with zero attached hydrogens (tertiary/aromatic N) is 2. The molecule has 2 N–H and O–H groups in total. The molecule has 2 saturated heterocycles. The summed E-state index contributed by atoms with van der Waals surface area (Å²) in [5.74, 6) is 0.857. The summed E-state index contributed by atoms with van der Waals surface area (Å²) in [6.45, 7) is 12.1. The van der Waals surface area contributed by atoms with E-state index < -0.39 is 0 Å².